The van der Waals surface area contributed by atoms with Crippen LogP contribution < -0.4 is 0 Å². The minimum atomic E-state index is -3.23. The number of ether oxygens (including phenoxy) is 1. The van der Waals surface area contributed by atoms with Crippen LogP contribution in [0, 0.1) is 0 Å². The predicted molar refractivity (Wildman–Crippen MR) is 35.1 cm³/mol. The Labute approximate surface area is 59.4 Å². The van der Waals surface area contributed by atoms with Crippen molar-refractivity contribution in [3.05, 3.63) is 0 Å². The van der Waals surface area contributed by atoms with Gasteiger partial charge in [-0.15, -0.1) is 0 Å². The van der Waals surface area contributed by atoms with Gasteiger partial charge in [-0.2, -0.15) is 4.67 Å². The Balaban J connectivity index is 3.38. The van der Waals surface area contributed by atoms with Crippen LogP contribution in [0.3, 0.4) is 0 Å². The van der Waals surface area contributed by atoms with Gasteiger partial charge >= 0.3 is 7.60 Å². The molecule has 0 aliphatic heterocycles. The summed E-state index contributed by atoms with van der Waals surface area (Å²) in [6.45, 7) is 1.63. The molecule has 0 fully saturated rings. The second-order valence-corrected chi connectivity index (χ2v) is 3.64. The molecule has 0 rings (SSSR count). The molecule has 0 aromatic rings. The highest BCUT2D eigenvalue weighted by molar-refractivity contribution is 7.52. The van der Waals surface area contributed by atoms with E-state index in [9.17, 15) is 4.57 Å². The summed E-state index contributed by atoms with van der Waals surface area (Å²) in [5, 5.41) is 7.96. The van der Waals surface area contributed by atoms with Gasteiger partial charge in [0, 0.05) is 13.8 Å². The van der Waals surface area contributed by atoms with E-state index in [4.69, 9.17) is 5.26 Å². The highest BCUT2D eigenvalue weighted by atomic mass is 31.2. The lowest BCUT2D eigenvalue weighted by Crippen LogP contribution is -2.00. The maximum atomic E-state index is 10.7. The lowest BCUT2D eigenvalue weighted by Gasteiger charge is -2.07. The largest absolute Gasteiger partial charge is 0.382 e. The third-order valence-corrected chi connectivity index (χ3v) is 1.71. The van der Waals surface area contributed by atoms with E-state index in [-0.39, 0.29) is 6.61 Å². The molecule has 0 aromatic carbocycles. The van der Waals surface area contributed by atoms with Crippen LogP contribution in [-0.2, 0) is 18.5 Å². The Kier molecular flexibility index (Phi) is 4.85. The summed E-state index contributed by atoms with van der Waals surface area (Å²) in [4.78, 5) is 0. The zero-order chi connectivity index (χ0) is 8.04. The van der Waals surface area contributed by atoms with E-state index < -0.39 is 7.60 Å². The first-order valence-electron chi connectivity index (χ1n) is 2.66. The minimum Gasteiger partial charge on any atom is -0.382 e. The molecular formula is C4H11O5P. The monoisotopic (exact) mass is 170 g/mol. The summed E-state index contributed by atoms with van der Waals surface area (Å²) in [5.74, 6) is 0. The van der Waals surface area contributed by atoms with Crippen LogP contribution in [0.1, 0.15) is 0 Å². The summed E-state index contributed by atoms with van der Waals surface area (Å²) in [6.07, 6.45) is 0. The molecule has 0 amide bonds. The summed E-state index contributed by atoms with van der Waals surface area (Å²) in [6, 6.07) is 0. The molecule has 5 nitrogen and oxygen atoms in total. The Hall–Kier alpha value is 0.0700. The molecule has 62 valence electrons. The molecule has 1 N–H and O–H groups in total. The van der Waals surface area contributed by atoms with Crippen molar-refractivity contribution in [3.63, 3.8) is 0 Å². The summed E-state index contributed by atoms with van der Waals surface area (Å²) in [7, 11) is -1.74. The van der Waals surface area contributed by atoms with Crippen molar-refractivity contribution in [1.29, 1.82) is 0 Å². The average molecular weight is 170 g/mol. The minimum absolute atomic E-state index is 0.144. The van der Waals surface area contributed by atoms with Crippen molar-refractivity contribution in [2.24, 2.45) is 0 Å². The molecule has 1 unspecified atom stereocenters. The molecule has 0 bridgehead atoms. The standard InChI is InChI=1S/C4H11O5P/c1-7-3-4-8-10(2,6)9-5/h5H,3-4H2,1-2H3. The predicted octanol–water partition coefficient (Wildman–Crippen LogP) is 0.962. The number of methoxy groups -OCH3 is 1. The van der Waals surface area contributed by atoms with Crippen LogP contribution in [-0.4, -0.2) is 32.2 Å². The first-order valence-corrected chi connectivity index (χ1v) is 4.65. The van der Waals surface area contributed by atoms with Crippen LogP contribution in [0.4, 0.5) is 0 Å². The quantitative estimate of drug-likeness (QED) is 0.288. The zero-order valence-electron chi connectivity index (χ0n) is 5.94. The van der Waals surface area contributed by atoms with Gasteiger partial charge < -0.3 is 9.26 Å². The lowest BCUT2D eigenvalue weighted by atomic mass is 10.8. The maximum absolute atomic E-state index is 10.7. The van der Waals surface area contributed by atoms with Gasteiger partial charge in [0.1, 0.15) is 0 Å². The van der Waals surface area contributed by atoms with Gasteiger partial charge in [-0.05, 0) is 0 Å². The molecule has 0 aliphatic carbocycles. The van der Waals surface area contributed by atoms with E-state index in [2.05, 4.69) is 13.9 Å². The Morgan fingerprint density at radius 1 is 1.50 bits per heavy atom. The third-order valence-electron chi connectivity index (χ3n) is 0.762. The van der Waals surface area contributed by atoms with Crippen molar-refractivity contribution < 1.29 is 23.8 Å². The van der Waals surface area contributed by atoms with Gasteiger partial charge in [-0.3, -0.25) is 4.57 Å². The van der Waals surface area contributed by atoms with Crippen molar-refractivity contribution in [1.82, 2.24) is 0 Å². The van der Waals surface area contributed by atoms with E-state index in [0.29, 0.717) is 6.61 Å². The Morgan fingerprint density at radius 3 is 2.50 bits per heavy atom. The molecule has 10 heavy (non-hydrogen) atoms. The smallest absolute Gasteiger partial charge is 0.354 e. The van der Waals surface area contributed by atoms with Gasteiger partial charge in [-0.25, -0.2) is 5.26 Å². The third kappa shape index (κ3) is 4.90. The molecule has 0 spiro atoms. The fourth-order valence-corrected chi connectivity index (χ4v) is 0.763. The van der Waals surface area contributed by atoms with Crippen LogP contribution >= 0.6 is 7.60 Å². The number of rotatable bonds is 5. The normalized spacial score (nSPS) is 16.7. The highest BCUT2D eigenvalue weighted by Gasteiger charge is 2.15. The second kappa shape index (κ2) is 4.82. The lowest BCUT2D eigenvalue weighted by molar-refractivity contribution is -0.148. The van der Waals surface area contributed by atoms with Crippen molar-refractivity contribution in [2.45, 2.75) is 0 Å². The van der Waals surface area contributed by atoms with Crippen LogP contribution in [0.2, 0.25) is 0 Å². The second-order valence-electron chi connectivity index (χ2n) is 1.68. The SMILES string of the molecule is COCCOP(C)(=O)OO. The molecular weight excluding hydrogens is 159 g/mol. The first-order chi connectivity index (χ1) is 4.62. The van der Waals surface area contributed by atoms with E-state index >= 15 is 0 Å². The topological polar surface area (TPSA) is 65.0 Å². The van der Waals surface area contributed by atoms with Gasteiger partial charge in [0.05, 0.1) is 13.2 Å². The van der Waals surface area contributed by atoms with E-state index in [1.165, 1.54) is 13.8 Å². The van der Waals surface area contributed by atoms with E-state index in [0.717, 1.165) is 0 Å². The van der Waals surface area contributed by atoms with Gasteiger partial charge in [0.25, 0.3) is 0 Å². The summed E-state index contributed by atoms with van der Waals surface area (Å²) < 4.78 is 23.4. The molecule has 0 saturated heterocycles. The molecule has 6 heteroatoms. The molecule has 0 radical (unpaired) electrons. The van der Waals surface area contributed by atoms with Gasteiger partial charge in [0.15, 0.2) is 0 Å². The average Bonchev–Trinajstić information content (AvgIpc) is 1.89. The fraction of sp³-hybridized carbons (Fsp3) is 1.00. The molecule has 0 aliphatic rings. The first kappa shape index (κ1) is 10.1. The summed E-state index contributed by atoms with van der Waals surface area (Å²) >= 11 is 0. The number of hydrogen-bond acceptors (Lipinski definition) is 5. The molecule has 0 heterocycles. The van der Waals surface area contributed by atoms with E-state index in [1.807, 2.05) is 0 Å². The van der Waals surface area contributed by atoms with Crippen LogP contribution in [0.25, 0.3) is 0 Å². The van der Waals surface area contributed by atoms with E-state index in [1.54, 1.807) is 0 Å². The number of hydrogen-bond donors (Lipinski definition) is 1. The van der Waals surface area contributed by atoms with Gasteiger partial charge in [-0.1, -0.05) is 0 Å². The highest BCUT2D eigenvalue weighted by Crippen LogP contribution is 2.41. The van der Waals surface area contributed by atoms with Crippen LogP contribution in [0.5, 0.6) is 0 Å². The fourth-order valence-electron chi connectivity index (χ4n) is 0.310. The Morgan fingerprint density at radius 2 is 2.10 bits per heavy atom. The van der Waals surface area contributed by atoms with Crippen molar-refractivity contribution >= 4 is 7.60 Å². The van der Waals surface area contributed by atoms with Crippen LogP contribution in [0.15, 0.2) is 0 Å². The molecule has 1 atom stereocenters. The Bertz CT molecular complexity index is 125. The molecule has 0 aromatic heterocycles. The van der Waals surface area contributed by atoms with Gasteiger partial charge in [0.2, 0.25) is 0 Å². The van der Waals surface area contributed by atoms with Crippen molar-refractivity contribution in [2.75, 3.05) is 27.0 Å². The van der Waals surface area contributed by atoms with Crippen molar-refractivity contribution in [3.8, 4) is 0 Å². The zero-order valence-corrected chi connectivity index (χ0v) is 6.84. The molecule has 0 saturated carbocycles. The maximum Gasteiger partial charge on any atom is 0.354 e. The summed E-state index contributed by atoms with van der Waals surface area (Å²) in [5.41, 5.74) is 0.